The van der Waals surface area contributed by atoms with Crippen LogP contribution in [0, 0.1) is 0 Å². The van der Waals surface area contributed by atoms with Crippen molar-refractivity contribution in [3.05, 3.63) is 53.3 Å². The molecule has 0 unspecified atom stereocenters. The minimum Gasteiger partial charge on any atom is -0.543 e. The highest BCUT2D eigenvalue weighted by Gasteiger charge is 2.47. The van der Waals surface area contributed by atoms with Crippen molar-refractivity contribution in [1.82, 2.24) is 0 Å². The van der Waals surface area contributed by atoms with Crippen molar-refractivity contribution in [3.63, 3.8) is 0 Å². The van der Waals surface area contributed by atoms with Gasteiger partial charge in [0.25, 0.3) is 8.32 Å². The lowest BCUT2D eigenvalue weighted by Gasteiger charge is -2.43. The average Bonchev–Trinajstić information content (AvgIpc) is 2.54. The van der Waals surface area contributed by atoms with Crippen molar-refractivity contribution in [2.45, 2.75) is 84.9 Å². The van der Waals surface area contributed by atoms with Gasteiger partial charge in [-0.1, -0.05) is 85.2 Å². The second kappa shape index (κ2) is 10.0. The van der Waals surface area contributed by atoms with Crippen LogP contribution >= 0.6 is 0 Å². The van der Waals surface area contributed by atoms with Gasteiger partial charge in [-0.05, 0) is 53.3 Å². The van der Waals surface area contributed by atoms with Crippen LogP contribution < -0.4 is 0 Å². The molecule has 0 aliphatic heterocycles. The Kier molecular flexibility index (Phi) is 8.71. The third-order valence-electron chi connectivity index (χ3n) is 5.18. The molecule has 0 bridgehead atoms. The van der Waals surface area contributed by atoms with Crippen LogP contribution in [0.2, 0.25) is 16.6 Å². The predicted octanol–water partition coefficient (Wildman–Crippen LogP) is 7.97. The van der Waals surface area contributed by atoms with Crippen LogP contribution in [0.1, 0.15) is 73.8 Å². The van der Waals surface area contributed by atoms with Gasteiger partial charge in [0.05, 0.1) is 0 Å². The van der Waals surface area contributed by atoms with E-state index in [1.165, 1.54) is 11.1 Å². The predicted molar refractivity (Wildman–Crippen MR) is 115 cm³/mol. The molecule has 0 radical (unpaired) electrons. The van der Waals surface area contributed by atoms with Crippen molar-refractivity contribution in [3.8, 4) is 0 Å². The summed E-state index contributed by atoms with van der Waals surface area (Å²) in [4.78, 5) is 0. The second-order valence-corrected chi connectivity index (χ2v) is 13.4. The van der Waals surface area contributed by atoms with E-state index in [1.807, 2.05) is 0 Å². The van der Waals surface area contributed by atoms with Crippen LogP contribution in [0.15, 0.2) is 47.7 Å². The molecule has 1 rings (SSSR count). The van der Waals surface area contributed by atoms with Crippen LogP contribution in [-0.2, 0) is 4.43 Å². The number of hydrogen-bond acceptors (Lipinski definition) is 1. The number of allylic oxidation sites excluding steroid dienone is 2. The fraction of sp³-hybridized carbons (Fsp3) is 0.565. The summed E-state index contributed by atoms with van der Waals surface area (Å²) in [6, 6.07) is 10.5. The minimum absolute atomic E-state index is 0.585. The van der Waals surface area contributed by atoms with E-state index >= 15 is 0 Å². The molecule has 0 aromatic heterocycles. The van der Waals surface area contributed by atoms with Gasteiger partial charge in [-0.2, -0.15) is 0 Å². The highest BCUT2D eigenvalue weighted by Crippen LogP contribution is 2.44. The minimum atomic E-state index is -1.93. The third kappa shape index (κ3) is 5.60. The van der Waals surface area contributed by atoms with Crippen molar-refractivity contribution < 1.29 is 4.43 Å². The first-order chi connectivity index (χ1) is 11.8. The van der Waals surface area contributed by atoms with Gasteiger partial charge in [0.15, 0.2) is 0 Å². The quantitative estimate of drug-likeness (QED) is 0.247. The summed E-state index contributed by atoms with van der Waals surface area (Å²) in [6.45, 7) is 18.5. The standard InChI is InChI=1S/C23H38OSi/c1-9-10-16-23(21(8)17-22-14-12-11-13-15-22)24-25(18(2)3,19(4)5)20(6)7/h11-20H,9-10H2,1-8H3/b21-17+,23-16+. The van der Waals surface area contributed by atoms with E-state index in [4.69, 9.17) is 4.43 Å². The van der Waals surface area contributed by atoms with Crippen molar-refractivity contribution in [2.24, 2.45) is 0 Å². The molecule has 0 spiro atoms. The Hall–Kier alpha value is -1.28. The number of hydrogen-bond donors (Lipinski definition) is 0. The zero-order chi connectivity index (χ0) is 19.0. The van der Waals surface area contributed by atoms with Crippen LogP contribution in [0.25, 0.3) is 6.08 Å². The zero-order valence-electron chi connectivity index (χ0n) is 17.6. The molecular formula is C23H38OSi. The molecule has 0 fully saturated rings. The van der Waals surface area contributed by atoms with E-state index in [2.05, 4.69) is 97.9 Å². The number of benzene rings is 1. The fourth-order valence-electron chi connectivity index (χ4n) is 3.97. The molecule has 2 heteroatoms. The third-order valence-corrected chi connectivity index (χ3v) is 11.2. The van der Waals surface area contributed by atoms with Crippen LogP contribution in [0.5, 0.6) is 0 Å². The van der Waals surface area contributed by atoms with E-state index in [0.29, 0.717) is 16.6 Å². The fourth-order valence-corrected chi connectivity index (χ4v) is 9.31. The highest BCUT2D eigenvalue weighted by molar-refractivity contribution is 6.77. The maximum Gasteiger partial charge on any atom is 0.258 e. The summed E-state index contributed by atoms with van der Waals surface area (Å²) in [7, 11) is -1.93. The lowest BCUT2D eigenvalue weighted by atomic mass is 10.1. The number of unbranched alkanes of at least 4 members (excludes halogenated alkanes) is 1. The van der Waals surface area contributed by atoms with Crippen LogP contribution in [0.3, 0.4) is 0 Å². The van der Waals surface area contributed by atoms with Gasteiger partial charge < -0.3 is 4.43 Å². The molecule has 1 aromatic rings. The molecule has 0 amide bonds. The molecule has 0 aliphatic carbocycles. The topological polar surface area (TPSA) is 9.23 Å². The molecular weight excluding hydrogens is 320 g/mol. The maximum atomic E-state index is 6.99. The van der Waals surface area contributed by atoms with Gasteiger partial charge in [0, 0.05) is 0 Å². The van der Waals surface area contributed by atoms with Gasteiger partial charge in [0.2, 0.25) is 0 Å². The molecule has 140 valence electrons. The van der Waals surface area contributed by atoms with Gasteiger partial charge in [0.1, 0.15) is 5.76 Å². The first-order valence-electron chi connectivity index (χ1n) is 9.88. The molecule has 0 atom stereocenters. The van der Waals surface area contributed by atoms with E-state index in [9.17, 15) is 0 Å². The van der Waals surface area contributed by atoms with E-state index < -0.39 is 8.32 Å². The Labute approximate surface area is 157 Å². The van der Waals surface area contributed by atoms with E-state index in [0.717, 1.165) is 18.6 Å². The lowest BCUT2D eigenvalue weighted by molar-refractivity contribution is 0.378. The zero-order valence-corrected chi connectivity index (χ0v) is 18.6. The smallest absolute Gasteiger partial charge is 0.258 e. The molecule has 0 heterocycles. The molecule has 25 heavy (non-hydrogen) atoms. The number of rotatable bonds is 9. The first kappa shape index (κ1) is 21.8. The Morgan fingerprint density at radius 1 is 0.960 bits per heavy atom. The Bertz CT molecular complexity index is 545. The van der Waals surface area contributed by atoms with Crippen LogP contribution in [-0.4, -0.2) is 8.32 Å². The average molecular weight is 359 g/mol. The van der Waals surface area contributed by atoms with E-state index in [-0.39, 0.29) is 0 Å². The summed E-state index contributed by atoms with van der Waals surface area (Å²) < 4.78 is 6.99. The molecule has 0 saturated carbocycles. The van der Waals surface area contributed by atoms with Crippen molar-refractivity contribution in [1.29, 1.82) is 0 Å². The summed E-state index contributed by atoms with van der Waals surface area (Å²) in [6.07, 6.45) is 6.77. The molecule has 0 saturated heterocycles. The molecule has 0 aliphatic rings. The summed E-state index contributed by atoms with van der Waals surface area (Å²) in [5.74, 6) is 1.11. The molecule has 1 aromatic carbocycles. The largest absolute Gasteiger partial charge is 0.543 e. The van der Waals surface area contributed by atoms with Crippen LogP contribution in [0.4, 0.5) is 0 Å². The summed E-state index contributed by atoms with van der Waals surface area (Å²) in [5.41, 5.74) is 4.22. The second-order valence-electron chi connectivity index (χ2n) is 8.01. The highest BCUT2D eigenvalue weighted by atomic mass is 28.4. The molecule has 0 N–H and O–H groups in total. The van der Waals surface area contributed by atoms with Gasteiger partial charge in [-0.25, -0.2) is 0 Å². The Morgan fingerprint density at radius 2 is 1.48 bits per heavy atom. The SMILES string of the molecule is CCC/C=C(O[Si](C(C)C)(C(C)C)C(C)C)\C(C)=C\c1ccccc1. The first-order valence-corrected chi connectivity index (χ1v) is 12.0. The van der Waals surface area contributed by atoms with Crippen molar-refractivity contribution in [2.75, 3.05) is 0 Å². The Balaban J connectivity index is 3.28. The maximum absolute atomic E-state index is 6.99. The normalized spacial score (nSPS) is 13.9. The van der Waals surface area contributed by atoms with Gasteiger partial charge >= 0.3 is 0 Å². The van der Waals surface area contributed by atoms with E-state index in [1.54, 1.807) is 0 Å². The lowest BCUT2D eigenvalue weighted by Crippen LogP contribution is -2.47. The summed E-state index contributed by atoms with van der Waals surface area (Å²) in [5, 5.41) is 0. The van der Waals surface area contributed by atoms with Gasteiger partial charge in [-0.15, -0.1) is 0 Å². The summed E-state index contributed by atoms with van der Waals surface area (Å²) >= 11 is 0. The molecule has 1 nitrogen and oxygen atoms in total. The van der Waals surface area contributed by atoms with Crippen molar-refractivity contribution >= 4 is 14.4 Å². The van der Waals surface area contributed by atoms with Gasteiger partial charge in [-0.3, -0.25) is 0 Å². The Morgan fingerprint density at radius 3 is 1.92 bits per heavy atom. The monoisotopic (exact) mass is 358 g/mol.